The number of rotatable bonds is 1. The highest BCUT2D eigenvalue weighted by Gasteiger charge is 1.97. The van der Waals surface area contributed by atoms with Gasteiger partial charge < -0.3 is 17.0 Å². The van der Waals surface area contributed by atoms with Gasteiger partial charge in [0.25, 0.3) is 0 Å². The van der Waals surface area contributed by atoms with Crippen LogP contribution in [0.3, 0.4) is 0 Å². The summed E-state index contributed by atoms with van der Waals surface area (Å²) in [4.78, 5) is 2.63. The van der Waals surface area contributed by atoms with Crippen molar-refractivity contribution in [1.29, 1.82) is 0 Å². The van der Waals surface area contributed by atoms with E-state index in [4.69, 9.17) is 0 Å². The largest absolute Gasteiger partial charge is 1.00 e. The predicted octanol–water partition coefficient (Wildman–Crippen LogP) is -3.31. The van der Waals surface area contributed by atoms with E-state index in [1.807, 2.05) is 27.1 Å². The molecule has 0 aliphatic carbocycles. The standard InChI is InChI=1S/C7H8O3S.C3H7N.ClH/c1-6-2-4-7(5-3-6)11(8,9)10;1-3-4-2;/h2-5H,1H3,(H,8,9,10);3H,1-2H3;1H/p-1. The minimum atomic E-state index is -4.27. The molecule has 0 fully saturated rings. The molecule has 0 aromatic heterocycles. The molecule has 0 spiro atoms. The molecule has 0 aliphatic rings. The minimum absolute atomic E-state index is 0. The molecule has 0 saturated carbocycles. The summed E-state index contributed by atoms with van der Waals surface area (Å²) < 4.78 is 31.2. The molecule has 1 N–H and O–H groups in total. The van der Waals surface area contributed by atoms with Gasteiger partial charge in [-0.3, -0.25) is 4.99 Å². The first-order valence-electron chi connectivity index (χ1n) is 4.39. The van der Waals surface area contributed by atoms with Crippen LogP contribution in [0.5, 0.6) is 0 Å². The van der Waals surface area contributed by atoms with E-state index < -0.39 is 10.1 Å². The molecular weight excluding hydrogens is 250 g/mol. The van der Waals surface area contributed by atoms with Crippen molar-refractivity contribution >= 4 is 16.3 Å². The fourth-order valence-electron chi connectivity index (χ4n) is 0.705. The lowest BCUT2D eigenvalue weighted by atomic mass is 10.2. The third-order valence-electron chi connectivity index (χ3n) is 1.60. The SMILES string of the molecule is CC=[NH+]C.Cc1ccc(S(=O)(=O)[O-])cc1.[Cl-]. The maximum absolute atomic E-state index is 10.4. The fraction of sp³-hybridized carbons (Fsp3) is 0.300. The number of hydrogen-bond donors (Lipinski definition) is 1. The maximum atomic E-state index is 10.4. The Hall–Kier alpha value is -0.910. The molecule has 0 radical (unpaired) electrons. The maximum Gasteiger partial charge on any atom is 0.134 e. The molecule has 0 heterocycles. The predicted molar refractivity (Wildman–Crippen MR) is 57.8 cm³/mol. The second kappa shape index (κ2) is 8.27. The lowest BCUT2D eigenvalue weighted by Crippen LogP contribution is -3.00. The van der Waals surface area contributed by atoms with Crippen LogP contribution in [0.1, 0.15) is 12.5 Å². The van der Waals surface area contributed by atoms with Crippen LogP contribution < -0.4 is 17.4 Å². The van der Waals surface area contributed by atoms with Crippen LogP contribution in [-0.4, -0.2) is 26.2 Å². The summed E-state index contributed by atoms with van der Waals surface area (Å²) in [6.45, 7) is 3.77. The third-order valence-corrected chi connectivity index (χ3v) is 2.45. The first-order chi connectivity index (χ1) is 6.91. The van der Waals surface area contributed by atoms with Crippen LogP contribution in [0.4, 0.5) is 0 Å². The fourth-order valence-corrected chi connectivity index (χ4v) is 1.17. The van der Waals surface area contributed by atoms with Gasteiger partial charge in [-0.1, -0.05) is 17.7 Å². The van der Waals surface area contributed by atoms with Crippen molar-refractivity contribution in [1.82, 2.24) is 0 Å². The van der Waals surface area contributed by atoms with Gasteiger partial charge in [-0.25, -0.2) is 8.42 Å². The van der Waals surface area contributed by atoms with E-state index in [-0.39, 0.29) is 17.3 Å². The molecule has 0 bridgehead atoms. The van der Waals surface area contributed by atoms with Gasteiger partial charge in [-0.05, 0) is 19.1 Å². The van der Waals surface area contributed by atoms with E-state index >= 15 is 0 Å². The molecule has 92 valence electrons. The Labute approximate surface area is 103 Å². The van der Waals surface area contributed by atoms with Crippen LogP contribution in [-0.2, 0) is 10.1 Å². The van der Waals surface area contributed by atoms with E-state index in [0.29, 0.717) is 0 Å². The van der Waals surface area contributed by atoms with E-state index in [0.717, 1.165) is 5.56 Å². The van der Waals surface area contributed by atoms with Crippen LogP contribution in [0, 0.1) is 6.92 Å². The van der Waals surface area contributed by atoms with Crippen molar-refractivity contribution in [3.8, 4) is 0 Å². The van der Waals surface area contributed by atoms with Gasteiger partial charge in [0.1, 0.15) is 23.4 Å². The van der Waals surface area contributed by atoms with E-state index in [1.165, 1.54) is 12.1 Å². The van der Waals surface area contributed by atoms with Crippen molar-refractivity contribution in [3.63, 3.8) is 0 Å². The Bertz CT molecular complexity index is 408. The van der Waals surface area contributed by atoms with Crippen LogP contribution in [0.2, 0.25) is 0 Å². The Morgan fingerprint density at radius 2 is 1.62 bits per heavy atom. The topological polar surface area (TPSA) is 71.2 Å². The summed E-state index contributed by atoms with van der Waals surface area (Å²) in [5.74, 6) is 0. The lowest BCUT2D eigenvalue weighted by molar-refractivity contribution is -0.414. The van der Waals surface area contributed by atoms with Crippen molar-refractivity contribution < 1.29 is 30.4 Å². The van der Waals surface area contributed by atoms with Crippen LogP contribution >= 0.6 is 0 Å². The van der Waals surface area contributed by atoms with Gasteiger partial charge in [0.05, 0.1) is 4.90 Å². The number of hydrogen-bond acceptors (Lipinski definition) is 3. The Morgan fingerprint density at radius 3 is 1.88 bits per heavy atom. The summed E-state index contributed by atoms with van der Waals surface area (Å²) >= 11 is 0. The minimum Gasteiger partial charge on any atom is -1.00 e. The van der Waals surface area contributed by atoms with Gasteiger partial charge in [0.15, 0.2) is 0 Å². The zero-order valence-corrected chi connectivity index (χ0v) is 11.0. The summed E-state index contributed by atoms with van der Waals surface area (Å²) in [6, 6.07) is 5.78. The zero-order valence-electron chi connectivity index (χ0n) is 9.40. The number of halogens is 1. The lowest BCUT2D eigenvalue weighted by Gasteiger charge is -2.05. The zero-order chi connectivity index (χ0) is 11.9. The smallest absolute Gasteiger partial charge is 0.134 e. The Kier molecular flexibility index (Phi) is 9.03. The Morgan fingerprint density at radius 1 is 1.25 bits per heavy atom. The van der Waals surface area contributed by atoms with Crippen LogP contribution in [0.25, 0.3) is 0 Å². The van der Waals surface area contributed by atoms with E-state index in [2.05, 4.69) is 4.99 Å². The molecule has 1 aromatic rings. The summed E-state index contributed by atoms with van der Waals surface area (Å²) in [6.07, 6.45) is 1.88. The quantitative estimate of drug-likeness (QED) is 0.427. The molecule has 0 saturated heterocycles. The van der Waals surface area contributed by atoms with E-state index in [1.54, 1.807) is 12.1 Å². The molecule has 0 aliphatic heterocycles. The molecular formula is C10H15ClNO3S-. The first-order valence-corrected chi connectivity index (χ1v) is 5.80. The summed E-state index contributed by atoms with van der Waals surface area (Å²) in [5.41, 5.74) is 0.928. The monoisotopic (exact) mass is 264 g/mol. The number of aryl methyl sites for hydroxylation is 1. The first kappa shape index (κ1) is 17.5. The molecule has 1 rings (SSSR count). The summed E-state index contributed by atoms with van der Waals surface area (Å²) in [5, 5.41) is 0. The van der Waals surface area contributed by atoms with Crippen molar-refractivity contribution in [2.75, 3.05) is 7.05 Å². The van der Waals surface area contributed by atoms with Gasteiger partial charge in [-0.2, -0.15) is 0 Å². The van der Waals surface area contributed by atoms with Crippen molar-refractivity contribution in [3.05, 3.63) is 29.8 Å². The average molecular weight is 265 g/mol. The van der Waals surface area contributed by atoms with E-state index in [9.17, 15) is 13.0 Å². The molecule has 16 heavy (non-hydrogen) atoms. The Balaban J connectivity index is 0. The van der Waals surface area contributed by atoms with Crippen LogP contribution in [0.15, 0.2) is 29.2 Å². The second-order valence-electron chi connectivity index (χ2n) is 2.84. The molecule has 0 amide bonds. The highest BCUT2D eigenvalue weighted by molar-refractivity contribution is 7.85. The molecule has 1 aromatic carbocycles. The summed E-state index contributed by atoms with van der Waals surface area (Å²) in [7, 11) is -2.39. The third kappa shape index (κ3) is 7.39. The van der Waals surface area contributed by atoms with Crippen molar-refractivity contribution in [2.24, 2.45) is 0 Å². The molecule has 0 unspecified atom stereocenters. The van der Waals surface area contributed by atoms with Gasteiger partial charge in [0, 0.05) is 6.92 Å². The average Bonchev–Trinajstić information content (AvgIpc) is 2.17. The normalized spacial score (nSPS) is 10.2. The van der Waals surface area contributed by atoms with Gasteiger partial charge in [0.2, 0.25) is 0 Å². The van der Waals surface area contributed by atoms with Gasteiger partial charge in [-0.15, -0.1) is 0 Å². The second-order valence-corrected chi connectivity index (χ2v) is 4.22. The van der Waals surface area contributed by atoms with Gasteiger partial charge >= 0.3 is 0 Å². The highest BCUT2D eigenvalue weighted by atomic mass is 35.5. The number of benzene rings is 1. The highest BCUT2D eigenvalue weighted by Crippen LogP contribution is 2.08. The molecule has 4 nitrogen and oxygen atoms in total. The molecule has 0 atom stereocenters. The number of nitrogens with one attached hydrogen (secondary N) is 1. The van der Waals surface area contributed by atoms with Crippen molar-refractivity contribution in [2.45, 2.75) is 18.7 Å². The molecule has 6 heteroatoms.